The fourth-order valence-corrected chi connectivity index (χ4v) is 7.25. The van der Waals surface area contributed by atoms with Crippen LogP contribution >= 0.6 is 0 Å². The Kier molecular flexibility index (Phi) is 6.16. The summed E-state index contributed by atoms with van der Waals surface area (Å²) in [7, 11) is 0. The molecule has 0 N–H and O–H groups in total. The number of benzene rings is 6. The maximum absolute atomic E-state index is 5.11. The Morgan fingerprint density at radius 2 is 1.11 bits per heavy atom. The van der Waals surface area contributed by atoms with Crippen molar-refractivity contribution in [3.63, 3.8) is 0 Å². The molecule has 0 radical (unpaired) electrons. The Morgan fingerprint density at radius 3 is 1.89 bits per heavy atom. The lowest BCUT2D eigenvalue weighted by Gasteiger charge is -2.22. The van der Waals surface area contributed by atoms with Gasteiger partial charge in [-0.2, -0.15) is 0 Å². The topological polar surface area (TPSA) is 38.7 Å². The number of hydrogen-bond donors (Lipinski definition) is 0. The van der Waals surface area contributed by atoms with Crippen molar-refractivity contribution in [1.29, 1.82) is 0 Å². The van der Waals surface area contributed by atoms with Crippen LogP contribution in [0.3, 0.4) is 0 Å². The number of aromatic nitrogens is 3. The molecule has 6 aromatic carbocycles. The molecule has 1 aliphatic rings. The number of hydrogen-bond acceptors (Lipinski definition) is 3. The minimum absolute atomic E-state index is 0.0404. The maximum atomic E-state index is 5.11. The lowest BCUT2D eigenvalue weighted by Crippen LogP contribution is -2.14. The monoisotopic (exact) mass is 601 g/mol. The van der Waals surface area contributed by atoms with Crippen LogP contribution in [0.1, 0.15) is 25.0 Å². The summed E-state index contributed by atoms with van der Waals surface area (Å²) in [5.41, 5.74) is 12.3. The van der Waals surface area contributed by atoms with Gasteiger partial charge in [-0.25, -0.2) is 9.97 Å². The molecule has 0 aliphatic heterocycles. The number of pyridine rings is 1. The molecule has 0 fully saturated rings. The van der Waals surface area contributed by atoms with E-state index >= 15 is 0 Å². The highest BCUT2D eigenvalue weighted by atomic mass is 14.9. The predicted molar refractivity (Wildman–Crippen MR) is 194 cm³/mol. The fourth-order valence-electron chi connectivity index (χ4n) is 7.25. The Balaban J connectivity index is 1.19. The van der Waals surface area contributed by atoms with Crippen LogP contribution in [0.4, 0.5) is 0 Å². The van der Waals surface area contributed by atoms with Crippen molar-refractivity contribution in [2.45, 2.75) is 19.3 Å². The highest BCUT2D eigenvalue weighted by Crippen LogP contribution is 2.50. The molecule has 1 aliphatic carbocycles. The Bertz CT molecular complexity index is 2480. The summed E-state index contributed by atoms with van der Waals surface area (Å²) in [6.07, 6.45) is 1.83. The zero-order valence-electron chi connectivity index (χ0n) is 26.3. The van der Waals surface area contributed by atoms with Gasteiger partial charge in [-0.05, 0) is 86.3 Å². The van der Waals surface area contributed by atoms with Crippen LogP contribution in [0.5, 0.6) is 0 Å². The first kappa shape index (κ1) is 27.4. The van der Waals surface area contributed by atoms with Crippen LogP contribution in [0, 0.1) is 0 Å². The van der Waals surface area contributed by atoms with Gasteiger partial charge in [0.15, 0.2) is 5.82 Å². The third kappa shape index (κ3) is 4.54. The number of fused-ring (bicyclic) bond motifs is 6. The molecule has 0 spiro atoms. The van der Waals surface area contributed by atoms with Gasteiger partial charge in [-0.15, -0.1) is 0 Å². The van der Waals surface area contributed by atoms with Gasteiger partial charge in [-0.1, -0.05) is 117 Å². The zero-order chi connectivity index (χ0) is 31.5. The lowest BCUT2D eigenvalue weighted by molar-refractivity contribution is 0.661. The van der Waals surface area contributed by atoms with Gasteiger partial charge in [0.05, 0.1) is 17.1 Å². The molecule has 47 heavy (non-hydrogen) atoms. The summed E-state index contributed by atoms with van der Waals surface area (Å²) in [6, 6.07) is 51.7. The van der Waals surface area contributed by atoms with Crippen LogP contribution in [0.15, 0.2) is 152 Å². The van der Waals surface area contributed by atoms with Crippen molar-refractivity contribution in [2.75, 3.05) is 0 Å². The van der Waals surface area contributed by atoms with Crippen molar-refractivity contribution < 1.29 is 0 Å². The van der Waals surface area contributed by atoms with Gasteiger partial charge < -0.3 is 0 Å². The second kappa shape index (κ2) is 10.6. The van der Waals surface area contributed by atoms with Gasteiger partial charge in [0.2, 0.25) is 0 Å². The lowest BCUT2D eigenvalue weighted by atomic mass is 9.81. The smallest absolute Gasteiger partial charge is 0.160 e. The van der Waals surface area contributed by atoms with Crippen LogP contribution < -0.4 is 0 Å². The molecule has 0 bridgehead atoms. The van der Waals surface area contributed by atoms with Gasteiger partial charge in [0, 0.05) is 33.9 Å². The van der Waals surface area contributed by atoms with E-state index in [1.165, 1.54) is 43.8 Å². The van der Waals surface area contributed by atoms with E-state index in [2.05, 4.69) is 128 Å². The molecule has 222 valence electrons. The predicted octanol–water partition coefficient (Wildman–Crippen LogP) is 11.2. The van der Waals surface area contributed by atoms with Gasteiger partial charge in [0.1, 0.15) is 0 Å². The second-order valence-corrected chi connectivity index (χ2v) is 12.9. The Labute approximate surface area is 274 Å². The third-order valence-electron chi connectivity index (χ3n) is 9.71. The van der Waals surface area contributed by atoms with Crippen molar-refractivity contribution >= 4 is 21.5 Å². The molecule has 0 atom stereocenters. The van der Waals surface area contributed by atoms with E-state index < -0.39 is 0 Å². The fraction of sp³-hybridized carbons (Fsp3) is 0.0682. The van der Waals surface area contributed by atoms with E-state index in [1.54, 1.807) is 0 Å². The maximum Gasteiger partial charge on any atom is 0.160 e. The molecule has 3 nitrogen and oxygen atoms in total. The molecule has 0 unspecified atom stereocenters. The molecule has 0 amide bonds. The summed E-state index contributed by atoms with van der Waals surface area (Å²) in [6.45, 7) is 4.69. The van der Waals surface area contributed by atoms with E-state index in [-0.39, 0.29) is 5.41 Å². The first-order valence-electron chi connectivity index (χ1n) is 16.1. The van der Waals surface area contributed by atoms with Crippen molar-refractivity contribution in [2.24, 2.45) is 0 Å². The second-order valence-electron chi connectivity index (χ2n) is 12.9. The van der Waals surface area contributed by atoms with Gasteiger partial charge in [0.25, 0.3) is 0 Å². The average molecular weight is 602 g/mol. The zero-order valence-corrected chi connectivity index (χ0v) is 26.3. The van der Waals surface area contributed by atoms with Crippen LogP contribution in [-0.4, -0.2) is 15.0 Å². The highest BCUT2D eigenvalue weighted by Gasteiger charge is 2.35. The molecule has 2 aromatic heterocycles. The SMILES string of the molecule is CC1(C)c2ccccc2-c2cc3ccc4cc(-c5cc(-c6cccc(-c7ccccn7)c6)nc(-c6ccccc6)n5)ccc4c3cc21. The molecule has 0 saturated carbocycles. The molecule has 2 heterocycles. The number of rotatable bonds is 4. The summed E-state index contributed by atoms with van der Waals surface area (Å²) in [4.78, 5) is 14.8. The third-order valence-corrected chi connectivity index (χ3v) is 9.71. The summed E-state index contributed by atoms with van der Waals surface area (Å²) < 4.78 is 0. The first-order valence-corrected chi connectivity index (χ1v) is 16.1. The summed E-state index contributed by atoms with van der Waals surface area (Å²) in [5.74, 6) is 0.706. The molecule has 9 rings (SSSR count). The van der Waals surface area contributed by atoms with Crippen LogP contribution in [-0.2, 0) is 5.41 Å². The highest BCUT2D eigenvalue weighted by molar-refractivity contribution is 6.10. The largest absolute Gasteiger partial charge is 0.256 e. The molecular weight excluding hydrogens is 571 g/mol. The van der Waals surface area contributed by atoms with E-state index in [0.717, 1.165) is 39.3 Å². The van der Waals surface area contributed by atoms with Crippen LogP contribution in [0.25, 0.3) is 77.8 Å². The van der Waals surface area contributed by atoms with Crippen LogP contribution in [0.2, 0.25) is 0 Å². The average Bonchev–Trinajstić information content (AvgIpc) is 3.36. The molecular formula is C44H31N3. The van der Waals surface area contributed by atoms with E-state index in [9.17, 15) is 0 Å². The summed E-state index contributed by atoms with van der Waals surface area (Å²) in [5, 5.41) is 5.00. The van der Waals surface area contributed by atoms with Crippen molar-refractivity contribution in [1.82, 2.24) is 15.0 Å². The number of nitrogens with zero attached hydrogens (tertiary/aromatic N) is 3. The Morgan fingerprint density at radius 1 is 0.426 bits per heavy atom. The molecule has 3 heteroatoms. The summed E-state index contributed by atoms with van der Waals surface area (Å²) >= 11 is 0. The van der Waals surface area contributed by atoms with Gasteiger partial charge in [-0.3, -0.25) is 4.98 Å². The molecule has 0 saturated heterocycles. The molecule has 8 aromatic rings. The normalized spacial score (nSPS) is 13.1. The van der Waals surface area contributed by atoms with E-state index in [0.29, 0.717) is 5.82 Å². The Hall–Kier alpha value is -5.93. The van der Waals surface area contributed by atoms with Crippen molar-refractivity contribution in [3.05, 3.63) is 163 Å². The van der Waals surface area contributed by atoms with E-state index in [1.807, 2.05) is 42.6 Å². The first-order chi connectivity index (χ1) is 23.0. The quantitative estimate of drug-likeness (QED) is 0.188. The van der Waals surface area contributed by atoms with Gasteiger partial charge >= 0.3 is 0 Å². The van der Waals surface area contributed by atoms with E-state index in [4.69, 9.17) is 9.97 Å². The minimum Gasteiger partial charge on any atom is -0.256 e. The van der Waals surface area contributed by atoms with Crippen molar-refractivity contribution in [3.8, 4) is 56.3 Å². The minimum atomic E-state index is -0.0404. The standard InChI is InChI=1S/C44H31N3/c1-44(2)38-16-7-6-15-35(38)37-25-30-19-18-29-23-33(20-21-34(29)36(30)26-39(37)44)42-27-41(46-43(47-42)28-11-4-3-5-12-28)32-14-10-13-31(24-32)40-17-8-9-22-45-40/h3-27H,1-2H3.